The van der Waals surface area contributed by atoms with Crippen molar-refractivity contribution in [1.29, 1.82) is 0 Å². The van der Waals surface area contributed by atoms with E-state index in [9.17, 15) is 9.90 Å². The monoisotopic (exact) mass is 344 g/mol. The Bertz CT molecular complexity index is 622. The van der Waals surface area contributed by atoms with Gasteiger partial charge >= 0.3 is 6.09 Å². The molecule has 0 aromatic heterocycles. The quantitative estimate of drug-likeness (QED) is 0.645. The van der Waals surface area contributed by atoms with Crippen LogP contribution in [-0.2, 0) is 22.7 Å². The standard InChI is InChI=1S/C19H24N2O4/c20-17(18(22)14-24-12-15-7-3-1-4-8-15)11-21-19(23)25-13-16-9-5-2-6-10-16/h1-10,17-18,22H,11-14,20H2,(H,21,23)/t17-,18-/m0/s1. The van der Waals surface area contributed by atoms with Crippen molar-refractivity contribution in [2.45, 2.75) is 25.4 Å². The van der Waals surface area contributed by atoms with Crippen LogP contribution in [-0.4, -0.2) is 36.5 Å². The Morgan fingerprint density at radius 2 is 1.56 bits per heavy atom. The zero-order valence-corrected chi connectivity index (χ0v) is 14.0. The first-order valence-electron chi connectivity index (χ1n) is 8.15. The average molecular weight is 344 g/mol. The van der Waals surface area contributed by atoms with Crippen LogP contribution in [0.5, 0.6) is 0 Å². The molecule has 0 spiro atoms. The van der Waals surface area contributed by atoms with Gasteiger partial charge < -0.3 is 25.6 Å². The molecule has 0 aliphatic carbocycles. The number of amides is 1. The number of benzene rings is 2. The second-order valence-corrected chi connectivity index (χ2v) is 5.67. The first-order valence-corrected chi connectivity index (χ1v) is 8.15. The number of aliphatic hydroxyl groups excluding tert-OH is 1. The lowest BCUT2D eigenvalue weighted by Gasteiger charge is -2.19. The fourth-order valence-electron chi connectivity index (χ4n) is 2.11. The molecule has 0 saturated carbocycles. The molecule has 134 valence electrons. The van der Waals surface area contributed by atoms with E-state index < -0.39 is 18.2 Å². The number of hydrogen-bond donors (Lipinski definition) is 3. The molecule has 2 aromatic rings. The van der Waals surface area contributed by atoms with Crippen LogP contribution in [0.3, 0.4) is 0 Å². The molecule has 0 aliphatic rings. The lowest BCUT2D eigenvalue weighted by molar-refractivity contribution is 0.0159. The molecule has 25 heavy (non-hydrogen) atoms. The number of alkyl carbamates (subject to hydrolysis) is 1. The number of nitrogens with one attached hydrogen (secondary N) is 1. The van der Waals surface area contributed by atoms with Gasteiger partial charge in [-0.05, 0) is 11.1 Å². The van der Waals surface area contributed by atoms with Crippen LogP contribution < -0.4 is 11.1 Å². The van der Waals surface area contributed by atoms with E-state index in [0.717, 1.165) is 11.1 Å². The number of nitrogens with two attached hydrogens (primary N) is 1. The van der Waals surface area contributed by atoms with Gasteiger partial charge in [-0.2, -0.15) is 0 Å². The van der Waals surface area contributed by atoms with E-state index >= 15 is 0 Å². The van der Waals surface area contributed by atoms with Gasteiger partial charge in [0.2, 0.25) is 0 Å². The van der Waals surface area contributed by atoms with E-state index in [0.29, 0.717) is 6.61 Å². The second kappa shape index (κ2) is 10.5. The van der Waals surface area contributed by atoms with E-state index in [2.05, 4.69) is 5.32 Å². The van der Waals surface area contributed by atoms with Crippen molar-refractivity contribution in [2.24, 2.45) is 5.73 Å². The van der Waals surface area contributed by atoms with Crippen LogP contribution in [0.2, 0.25) is 0 Å². The summed E-state index contributed by atoms with van der Waals surface area (Å²) >= 11 is 0. The molecule has 0 heterocycles. The Morgan fingerprint density at radius 3 is 2.16 bits per heavy atom. The minimum absolute atomic E-state index is 0.0941. The lowest BCUT2D eigenvalue weighted by atomic mass is 10.2. The summed E-state index contributed by atoms with van der Waals surface area (Å²) in [5.74, 6) is 0. The van der Waals surface area contributed by atoms with Crippen LogP contribution in [0.15, 0.2) is 60.7 Å². The molecule has 0 radical (unpaired) electrons. The van der Waals surface area contributed by atoms with Gasteiger partial charge in [-0.15, -0.1) is 0 Å². The molecule has 2 aromatic carbocycles. The van der Waals surface area contributed by atoms with Crippen molar-refractivity contribution in [3.63, 3.8) is 0 Å². The average Bonchev–Trinajstić information content (AvgIpc) is 2.66. The largest absolute Gasteiger partial charge is 0.445 e. The smallest absolute Gasteiger partial charge is 0.407 e. The Kier molecular flexibility index (Phi) is 7.91. The molecule has 2 atom stereocenters. The van der Waals surface area contributed by atoms with Gasteiger partial charge in [0, 0.05) is 6.54 Å². The molecule has 0 fully saturated rings. The number of aliphatic hydroxyl groups is 1. The van der Waals surface area contributed by atoms with E-state index in [4.69, 9.17) is 15.2 Å². The normalized spacial score (nSPS) is 13.0. The molecule has 6 nitrogen and oxygen atoms in total. The van der Waals surface area contributed by atoms with Gasteiger partial charge in [0.05, 0.1) is 25.4 Å². The summed E-state index contributed by atoms with van der Waals surface area (Å²) in [4.78, 5) is 11.6. The highest BCUT2D eigenvalue weighted by Gasteiger charge is 2.16. The van der Waals surface area contributed by atoms with E-state index in [1.54, 1.807) is 0 Å². The van der Waals surface area contributed by atoms with Gasteiger partial charge in [0.1, 0.15) is 6.61 Å². The zero-order chi connectivity index (χ0) is 17.9. The molecule has 0 aliphatic heterocycles. The number of carbonyl (C=O) groups is 1. The predicted octanol–water partition coefficient (Wildman–Crippen LogP) is 1.82. The summed E-state index contributed by atoms with van der Waals surface area (Å²) in [7, 11) is 0. The minimum atomic E-state index is -0.877. The highest BCUT2D eigenvalue weighted by molar-refractivity contribution is 5.67. The number of rotatable bonds is 9. The Morgan fingerprint density at radius 1 is 1.00 bits per heavy atom. The first-order chi connectivity index (χ1) is 12.1. The Labute approximate surface area is 147 Å². The zero-order valence-electron chi connectivity index (χ0n) is 14.0. The van der Waals surface area contributed by atoms with Crippen LogP contribution in [0, 0.1) is 0 Å². The van der Waals surface area contributed by atoms with Gasteiger partial charge in [0.25, 0.3) is 0 Å². The molecule has 1 amide bonds. The van der Waals surface area contributed by atoms with Crippen molar-refractivity contribution >= 4 is 6.09 Å². The molecule has 0 saturated heterocycles. The predicted molar refractivity (Wildman–Crippen MR) is 94.7 cm³/mol. The van der Waals surface area contributed by atoms with E-state index in [1.165, 1.54) is 0 Å². The number of ether oxygens (including phenoxy) is 2. The van der Waals surface area contributed by atoms with Crippen molar-refractivity contribution in [2.75, 3.05) is 13.2 Å². The van der Waals surface area contributed by atoms with Crippen molar-refractivity contribution < 1.29 is 19.4 Å². The highest BCUT2D eigenvalue weighted by Crippen LogP contribution is 2.02. The summed E-state index contributed by atoms with van der Waals surface area (Å²) in [6, 6.07) is 18.4. The molecule has 2 rings (SSSR count). The molecule has 4 N–H and O–H groups in total. The van der Waals surface area contributed by atoms with Gasteiger partial charge in [-0.1, -0.05) is 60.7 Å². The maximum absolute atomic E-state index is 11.6. The lowest BCUT2D eigenvalue weighted by Crippen LogP contribution is -2.46. The van der Waals surface area contributed by atoms with Crippen molar-refractivity contribution in [3.05, 3.63) is 71.8 Å². The third-order valence-electron chi connectivity index (χ3n) is 3.59. The highest BCUT2D eigenvalue weighted by atomic mass is 16.5. The second-order valence-electron chi connectivity index (χ2n) is 5.67. The number of carbonyl (C=O) groups excluding carboxylic acids is 1. The molecule has 0 bridgehead atoms. The summed E-state index contributed by atoms with van der Waals surface area (Å²) in [6.45, 7) is 0.780. The summed E-state index contributed by atoms with van der Waals surface area (Å²) in [5, 5.41) is 12.5. The van der Waals surface area contributed by atoms with E-state index in [-0.39, 0.29) is 19.8 Å². The van der Waals surface area contributed by atoms with Crippen LogP contribution in [0.1, 0.15) is 11.1 Å². The van der Waals surface area contributed by atoms with Gasteiger partial charge in [-0.25, -0.2) is 4.79 Å². The Balaban J connectivity index is 1.60. The molecular weight excluding hydrogens is 320 g/mol. The first kappa shape index (κ1) is 18.9. The van der Waals surface area contributed by atoms with Gasteiger partial charge in [0.15, 0.2) is 0 Å². The maximum Gasteiger partial charge on any atom is 0.407 e. The topological polar surface area (TPSA) is 93.8 Å². The summed E-state index contributed by atoms with van der Waals surface area (Å²) in [5.41, 5.74) is 7.77. The third kappa shape index (κ3) is 7.34. The van der Waals surface area contributed by atoms with E-state index in [1.807, 2.05) is 60.7 Å². The van der Waals surface area contributed by atoms with Crippen LogP contribution in [0.4, 0.5) is 4.79 Å². The van der Waals surface area contributed by atoms with Crippen LogP contribution in [0.25, 0.3) is 0 Å². The number of hydrogen-bond acceptors (Lipinski definition) is 5. The molecule has 0 unspecified atom stereocenters. The summed E-state index contributed by atoms with van der Waals surface area (Å²) in [6.07, 6.45) is -1.45. The third-order valence-corrected chi connectivity index (χ3v) is 3.59. The Hall–Kier alpha value is -2.41. The fourth-order valence-corrected chi connectivity index (χ4v) is 2.11. The van der Waals surface area contributed by atoms with Gasteiger partial charge in [-0.3, -0.25) is 0 Å². The summed E-state index contributed by atoms with van der Waals surface area (Å²) < 4.78 is 10.5. The van der Waals surface area contributed by atoms with Crippen LogP contribution >= 0.6 is 0 Å². The fraction of sp³-hybridized carbons (Fsp3) is 0.316. The molecular formula is C19H24N2O4. The maximum atomic E-state index is 11.6. The van der Waals surface area contributed by atoms with Crippen molar-refractivity contribution in [1.82, 2.24) is 5.32 Å². The minimum Gasteiger partial charge on any atom is -0.445 e. The van der Waals surface area contributed by atoms with Crippen molar-refractivity contribution in [3.8, 4) is 0 Å². The SMILES string of the molecule is N[C@@H](CNC(=O)OCc1ccccc1)[C@@H](O)COCc1ccccc1. The molecule has 6 heteroatoms.